The van der Waals surface area contributed by atoms with Crippen molar-refractivity contribution in [1.29, 1.82) is 0 Å². The van der Waals surface area contributed by atoms with Crippen LogP contribution >= 0.6 is 0 Å². The van der Waals surface area contributed by atoms with E-state index in [1.165, 1.54) is 76.5 Å². The largest absolute Gasteiger partial charge is 0.251 e. The van der Waals surface area contributed by atoms with Gasteiger partial charge in [0, 0.05) is 22.2 Å². The molecule has 2 nitrogen and oxygen atoms in total. The molecule has 0 bridgehead atoms. The van der Waals surface area contributed by atoms with E-state index >= 15 is 0 Å². The number of hydrogen-bond donors (Lipinski definition) is 0. The molecule has 2 heteroatoms. The van der Waals surface area contributed by atoms with Gasteiger partial charge in [-0.2, -0.15) is 0 Å². The quantitative estimate of drug-likeness (QED) is 0.196. The summed E-state index contributed by atoms with van der Waals surface area (Å²) in [5, 5.41) is 10.7. The van der Waals surface area contributed by atoms with Crippen molar-refractivity contribution in [3.8, 4) is 0 Å². The van der Waals surface area contributed by atoms with Gasteiger partial charge in [0.2, 0.25) is 0 Å². The zero-order valence-corrected chi connectivity index (χ0v) is 23.7. The summed E-state index contributed by atoms with van der Waals surface area (Å²) in [6.07, 6.45) is 0. The lowest BCUT2D eigenvalue weighted by atomic mass is 9.88. The molecule has 2 aromatic heterocycles. The highest BCUT2D eigenvalue weighted by Crippen LogP contribution is 2.39. The molecule has 0 aliphatic heterocycles. The van der Waals surface area contributed by atoms with Gasteiger partial charge in [-0.25, -0.2) is 0 Å². The Morgan fingerprint density at radius 3 is 1.13 bits per heavy atom. The van der Waals surface area contributed by atoms with Crippen LogP contribution in [0.2, 0.25) is 0 Å². The van der Waals surface area contributed by atoms with Crippen LogP contribution in [0.3, 0.4) is 0 Å². The molecule has 38 heavy (non-hydrogen) atoms. The highest BCUT2D eigenvalue weighted by Gasteiger charge is 2.13. The average Bonchev–Trinajstić information content (AvgIpc) is 2.89. The van der Waals surface area contributed by atoms with Gasteiger partial charge in [0.1, 0.15) is 0 Å². The zero-order valence-electron chi connectivity index (χ0n) is 23.7. The highest BCUT2D eigenvalue weighted by molar-refractivity contribution is 6.24. The summed E-state index contributed by atoms with van der Waals surface area (Å²) in [4.78, 5) is 9.42. The number of benzene rings is 5. The van der Waals surface area contributed by atoms with E-state index in [4.69, 9.17) is 9.97 Å². The van der Waals surface area contributed by atoms with Crippen LogP contribution in [0.15, 0.2) is 60.7 Å². The van der Waals surface area contributed by atoms with Crippen molar-refractivity contribution in [1.82, 2.24) is 9.97 Å². The first kappa shape index (κ1) is 24.3. The standard InChI is InChI=1S/C20H18.C16H16N2/c1-11-9-15-5-8-18-14(4)12(2)10-16-6-7-17(13(11)3)19(15)20(16)18;1-9-7-13-5-6-14-8-10(2)12(4)18-16(14)15(13)17-11(9)3/h5-10H,1-4H3;5-8H,1-4H3. The minimum atomic E-state index is 1.01. The maximum absolute atomic E-state index is 4.71. The van der Waals surface area contributed by atoms with Crippen molar-refractivity contribution in [3.63, 3.8) is 0 Å². The summed E-state index contributed by atoms with van der Waals surface area (Å²) in [7, 11) is 0. The van der Waals surface area contributed by atoms with E-state index in [1.54, 1.807) is 0 Å². The van der Waals surface area contributed by atoms with Gasteiger partial charge in [0.05, 0.1) is 11.0 Å². The van der Waals surface area contributed by atoms with Crippen molar-refractivity contribution in [2.24, 2.45) is 0 Å². The number of nitrogens with zero attached hydrogens (tertiary/aromatic N) is 2. The first-order valence-corrected chi connectivity index (χ1v) is 13.4. The monoisotopic (exact) mass is 494 g/mol. The van der Waals surface area contributed by atoms with E-state index in [-0.39, 0.29) is 0 Å². The van der Waals surface area contributed by atoms with Gasteiger partial charge in [0.25, 0.3) is 0 Å². The maximum Gasteiger partial charge on any atom is 0.0968 e. The van der Waals surface area contributed by atoms with E-state index in [0.717, 1.165) is 22.4 Å². The van der Waals surface area contributed by atoms with Crippen molar-refractivity contribution in [2.45, 2.75) is 55.4 Å². The molecule has 0 spiro atoms. The number of aryl methyl sites for hydroxylation is 8. The van der Waals surface area contributed by atoms with Crippen LogP contribution in [0.1, 0.15) is 44.8 Å². The van der Waals surface area contributed by atoms with Crippen LogP contribution < -0.4 is 0 Å². The molecule has 7 rings (SSSR count). The van der Waals surface area contributed by atoms with Gasteiger partial charge in [-0.3, -0.25) is 9.97 Å². The number of aromatic nitrogens is 2. The molecular formula is C36H34N2. The summed E-state index contributed by atoms with van der Waals surface area (Å²) in [6.45, 7) is 17.2. The summed E-state index contributed by atoms with van der Waals surface area (Å²) < 4.78 is 0. The highest BCUT2D eigenvalue weighted by atomic mass is 14.8. The molecule has 7 aromatic rings. The molecule has 0 radical (unpaired) electrons. The Bertz CT molecular complexity index is 1900. The molecule has 0 aliphatic rings. The zero-order chi connectivity index (χ0) is 26.9. The van der Waals surface area contributed by atoms with Gasteiger partial charge >= 0.3 is 0 Å². The second kappa shape index (κ2) is 8.77. The van der Waals surface area contributed by atoms with E-state index in [2.05, 4.69) is 116 Å². The fourth-order valence-electron chi connectivity index (χ4n) is 5.79. The molecule has 188 valence electrons. The molecular weight excluding hydrogens is 460 g/mol. The second-order valence-corrected chi connectivity index (χ2v) is 11.0. The van der Waals surface area contributed by atoms with Crippen LogP contribution in [-0.2, 0) is 0 Å². The normalized spacial score (nSPS) is 11.7. The van der Waals surface area contributed by atoms with E-state index < -0.39 is 0 Å². The smallest absolute Gasteiger partial charge is 0.0968 e. The molecule has 0 atom stereocenters. The van der Waals surface area contributed by atoms with E-state index in [0.29, 0.717) is 0 Å². The van der Waals surface area contributed by atoms with Crippen LogP contribution in [0.5, 0.6) is 0 Å². The fraction of sp³-hybridized carbons (Fsp3) is 0.222. The molecule has 0 saturated heterocycles. The van der Waals surface area contributed by atoms with Crippen LogP contribution in [0.4, 0.5) is 0 Å². The summed E-state index contributed by atoms with van der Waals surface area (Å²) in [5.41, 5.74) is 12.2. The second-order valence-electron chi connectivity index (χ2n) is 11.0. The maximum atomic E-state index is 4.71. The molecule has 0 N–H and O–H groups in total. The predicted molar refractivity (Wildman–Crippen MR) is 165 cm³/mol. The Hall–Kier alpha value is -4.04. The number of rotatable bonds is 0. The third-order valence-corrected chi connectivity index (χ3v) is 8.62. The lowest BCUT2D eigenvalue weighted by Crippen LogP contribution is -1.93. The van der Waals surface area contributed by atoms with Crippen molar-refractivity contribution in [3.05, 3.63) is 105 Å². The van der Waals surface area contributed by atoms with E-state index in [9.17, 15) is 0 Å². The Morgan fingerprint density at radius 1 is 0.395 bits per heavy atom. The summed E-state index contributed by atoms with van der Waals surface area (Å²) in [6, 6.07) is 22.4. The Balaban J connectivity index is 0.000000140. The van der Waals surface area contributed by atoms with Crippen LogP contribution in [0, 0.1) is 55.4 Å². The first-order chi connectivity index (χ1) is 18.1. The third kappa shape index (κ3) is 3.70. The van der Waals surface area contributed by atoms with Gasteiger partial charge in [-0.1, -0.05) is 48.5 Å². The molecule has 0 amide bonds. The molecule has 0 saturated carbocycles. The van der Waals surface area contributed by atoms with Crippen molar-refractivity contribution < 1.29 is 0 Å². The summed E-state index contributed by atoms with van der Waals surface area (Å²) >= 11 is 0. The molecule has 0 fully saturated rings. The predicted octanol–water partition coefficient (Wildman–Crippen LogP) is 9.83. The molecule has 2 heterocycles. The fourth-order valence-corrected chi connectivity index (χ4v) is 5.79. The average molecular weight is 495 g/mol. The number of pyridine rings is 2. The Labute approximate surface area is 224 Å². The van der Waals surface area contributed by atoms with Gasteiger partial charge in [0.15, 0.2) is 0 Å². The van der Waals surface area contributed by atoms with Crippen LogP contribution in [-0.4, -0.2) is 9.97 Å². The molecule has 0 unspecified atom stereocenters. The number of fused-ring (bicyclic) bond motifs is 3. The summed E-state index contributed by atoms with van der Waals surface area (Å²) in [5.74, 6) is 0. The minimum Gasteiger partial charge on any atom is -0.251 e. The lowest BCUT2D eigenvalue weighted by molar-refractivity contribution is 1.17. The molecule has 5 aromatic carbocycles. The first-order valence-electron chi connectivity index (χ1n) is 13.4. The minimum absolute atomic E-state index is 1.01. The van der Waals surface area contributed by atoms with Gasteiger partial charge in [-0.05, 0) is 133 Å². The van der Waals surface area contributed by atoms with Crippen molar-refractivity contribution >= 4 is 54.1 Å². The van der Waals surface area contributed by atoms with Crippen LogP contribution in [0.25, 0.3) is 54.1 Å². The van der Waals surface area contributed by atoms with Crippen molar-refractivity contribution in [2.75, 3.05) is 0 Å². The third-order valence-electron chi connectivity index (χ3n) is 8.62. The SMILES string of the molecule is Cc1cc2ccc3c(C)c(C)cc4ccc(c1C)c2c43.Cc1cc2ccc3cc(C)c(C)nc3c2nc1C. The molecule has 0 aliphatic carbocycles. The number of hydrogen-bond acceptors (Lipinski definition) is 2. The topological polar surface area (TPSA) is 25.8 Å². The van der Waals surface area contributed by atoms with Gasteiger partial charge < -0.3 is 0 Å². The van der Waals surface area contributed by atoms with Gasteiger partial charge in [-0.15, -0.1) is 0 Å². The Kier molecular flexibility index (Phi) is 5.61. The van der Waals surface area contributed by atoms with E-state index in [1.807, 2.05) is 0 Å². The Morgan fingerprint density at radius 2 is 0.737 bits per heavy atom. The lowest BCUT2D eigenvalue weighted by Gasteiger charge is -2.16.